The van der Waals surface area contributed by atoms with Gasteiger partial charge in [0.15, 0.2) is 0 Å². The highest BCUT2D eigenvalue weighted by molar-refractivity contribution is 6.34. The van der Waals surface area contributed by atoms with Crippen molar-refractivity contribution in [2.24, 2.45) is 7.05 Å². The monoisotopic (exact) mass is 343 g/mol. The molecule has 7 heteroatoms. The standard InChI is InChI=1S/C17H18ClN5O/c1-10-13(16(17(24)19-3)22(4)20-10)15-14(18)11(2)21-23(15)12-8-6-5-7-9-12/h5-9H,1-4H3,(H,19,24). The van der Waals surface area contributed by atoms with E-state index in [4.69, 9.17) is 11.6 Å². The molecule has 0 aliphatic rings. The van der Waals surface area contributed by atoms with Crippen molar-refractivity contribution < 1.29 is 4.79 Å². The molecule has 0 radical (unpaired) electrons. The van der Waals surface area contributed by atoms with Gasteiger partial charge in [0.05, 0.1) is 33.4 Å². The molecule has 1 aromatic carbocycles. The van der Waals surface area contributed by atoms with Crippen LogP contribution in [-0.4, -0.2) is 32.5 Å². The number of nitrogens with zero attached hydrogens (tertiary/aromatic N) is 4. The number of hydrogen-bond donors (Lipinski definition) is 1. The second kappa shape index (κ2) is 6.13. The van der Waals surface area contributed by atoms with Crippen molar-refractivity contribution in [3.8, 4) is 16.9 Å². The van der Waals surface area contributed by atoms with Gasteiger partial charge < -0.3 is 5.32 Å². The molecule has 6 nitrogen and oxygen atoms in total. The minimum Gasteiger partial charge on any atom is -0.354 e. The van der Waals surface area contributed by atoms with E-state index in [0.29, 0.717) is 27.7 Å². The molecule has 0 aliphatic heterocycles. The minimum absolute atomic E-state index is 0.220. The Morgan fingerprint density at radius 3 is 2.42 bits per heavy atom. The molecule has 3 rings (SSSR count). The molecule has 2 aromatic heterocycles. The Balaban J connectivity index is 2.35. The average molecular weight is 344 g/mol. The Hall–Kier alpha value is -2.60. The lowest BCUT2D eigenvalue weighted by Gasteiger charge is -2.10. The molecule has 24 heavy (non-hydrogen) atoms. The van der Waals surface area contributed by atoms with Gasteiger partial charge in [0, 0.05) is 14.1 Å². The zero-order chi connectivity index (χ0) is 17.4. The van der Waals surface area contributed by atoms with E-state index in [2.05, 4.69) is 15.5 Å². The third-order valence-corrected chi connectivity index (χ3v) is 4.34. The number of amides is 1. The van der Waals surface area contributed by atoms with E-state index in [1.165, 1.54) is 0 Å². The SMILES string of the molecule is CNC(=O)c1c(-c2c(Cl)c(C)nn2-c2ccccc2)c(C)nn1C. The number of hydrogen-bond acceptors (Lipinski definition) is 3. The Bertz CT molecular complexity index is 911. The summed E-state index contributed by atoms with van der Waals surface area (Å²) in [6, 6.07) is 9.68. The number of carbonyl (C=O) groups is 1. The molecule has 0 unspecified atom stereocenters. The van der Waals surface area contributed by atoms with E-state index >= 15 is 0 Å². The maximum atomic E-state index is 12.4. The van der Waals surface area contributed by atoms with Gasteiger partial charge in [-0.3, -0.25) is 9.48 Å². The lowest BCUT2D eigenvalue weighted by molar-refractivity contribution is 0.0954. The van der Waals surface area contributed by atoms with Crippen LogP contribution in [0, 0.1) is 13.8 Å². The number of para-hydroxylation sites is 1. The molecular weight excluding hydrogens is 326 g/mol. The number of aryl methyl sites for hydroxylation is 3. The van der Waals surface area contributed by atoms with E-state index < -0.39 is 0 Å². The van der Waals surface area contributed by atoms with Crippen LogP contribution in [0.15, 0.2) is 30.3 Å². The maximum Gasteiger partial charge on any atom is 0.270 e. The molecule has 1 amide bonds. The van der Waals surface area contributed by atoms with Gasteiger partial charge in [-0.2, -0.15) is 10.2 Å². The predicted octanol–water partition coefficient (Wildman–Crippen LogP) is 2.90. The first-order chi connectivity index (χ1) is 11.5. The molecule has 1 N–H and O–H groups in total. The first-order valence-corrected chi connectivity index (χ1v) is 7.90. The van der Waals surface area contributed by atoms with Crippen LogP contribution < -0.4 is 5.32 Å². The van der Waals surface area contributed by atoms with Crippen molar-refractivity contribution in [1.82, 2.24) is 24.9 Å². The highest BCUT2D eigenvalue weighted by atomic mass is 35.5. The molecule has 0 bridgehead atoms. The smallest absolute Gasteiger partial charge is 0.270 e. The van der Waals surface area contributed by atoms with Crippen LogP contribution >= 0.6 is 11.6 Å². The van der Waals surface area contributed by atoms with Crippen LogP contribution in [-0.2, 0) is 7.05 Å². The van der Waals surface area contributed by atoms with Gasteiger partial charge in [-0.15, -0.1) is 0 Å². The zero-order valence-electron chi connectivity index (χ0n) is 14.0. The molecule has 0 aliphatic carbocycles. The molecule has 0 fully saturated rings. The van der Waals surface area contributed by atoms with Gasteiger partial charge in [-0.25, -0.2) is 4.68 Å². The van der Waals surface area contributed by atoms with Crippen molar-refractivity contribution in [3.05, 3.63) is 52.4 Å². The van der Waals surface area contributed by atoms with Crippen molar-refractivity contribution in [2.45, 2.75) is 13.8 Å². The number of rotatable bonds is 3. The average Bonchev–Trinajstić information content (AvgIpc) is 3.03. The fraction of sp³-hybridized carbons (Fsp3) is 0.235. The summed E-state index contributed by atoms with van der Waals surface area (Å²) in [5, 5.41) is 12.1. The summed E-state index contributed by atoms with van der Waals surface area (Å²) in [7, 11) is 3.33. The van der Waals surface area contributed by atoms with Gasteiger partial charge in [0.25, 0.3) is 5.91 Å². The fourth-order valence-electron chi connectivity index (χ4n) is 2.80. The van der Waals surface area contributed by atoms with Crippen LogP contribution in [0.4, 0.5) is 0 Å². The van der Waals surface area contributed by atoms with Crippen molar-refractivity contribution in [3.63, 3.8) is 0 Å². The van der Waals surface area contributed by atoms with Crippen LogP contribution in [0.3, 0.4) is 0 Å². The third kappa shape index (κ3) is 2.49. The molecule has 0 atom stereocenters. The van der Waals surface area contributed by atoms with Crippen LogP contribution in [0.25, 0.3) is 16.9 Å². The Morgan fingerprint density at radius 1 is 1.12 bits per heavy atom. The molecule has 124 valence electrons. The molecule has 3 aromatic rings. The van der Waals surface area contributed by atoms with Crippen molar-refractivity contribution in [1.29, 1.82) is 0 Å². The number of carbonyl (C=O) groups excluding carboxylic acids is 1. The summed E-state index contributed by atoms with van der Waals surface area (Å²) in [5.41, 5.74) is 4.09. The van der Waals surface area contributed by atoms with Gasteiger partial charge in [-0.05, 0) is 26.0 Å². The summed E-state index contributed by atoms with van der Waals surface area (Å²) < 4.78 is 3.33. The van der Waals surface area contributed by atoms with Gasteiger partial charge in [0.2, 0.25) is 0 Å². The molecule has 2 heterocycles. The normalized spacial score (nSPS) is 10.9. The van der Waals surface area contributed by atoms with Crippen LogP contribution in [0.1, 0.15) is 21.9 Å². The molecule has 0 saturated heterocycles. The highest BCUT2D eigenvalue weighted by Crippen LogP contribution is 2.36. The van der Waals surface area contributed by atoms with Gasteiger partial charge >= 0.3 is 0 Å². The summed E-state index contributed by atoms with van der Waals surface area (Å²) in [6.45, 7) is 3.70. The zero-order valence-corrected chi connectivity index (χ0v) is 14.7. The Morgan fingerprint density at radius 2 is 1.79 bits per heavy atom. The van der Waals surface area contributed by atoms with Crippen molar-refractivity contribution >= 4 is 17.5 Å². The van der Waals surface area contributed by atoms with Crippen molar-refractivity contribution in [2.75, 3.05) is 7.05 Å². The quantitative estimate of drug-likeness (QED) is 0.795. The van der Waals surface area contributed by atoms with Crippen LogP contribution in [0.2, 0.25) is 5.02 Å². The molecule has 0 spiro atoms. The van der Waals surface area contributed by atoms with E-state index in [1.54, 1.807) is 23.5 Å². The topological polar surface area (TPSA) is 64.7 Å². The summed E-state index contributed by atoms with van der Waals surface area (Å²) in [5.74, 6) is -0.220. The maximum absolute atomic E-state index is 12.4. The Kier molecular flexibility index (Phi) is 4.15. The predicted molar refractivity (Wildman–Crippen MR) is 93.6 cm³/mol. The first-order valence-electron chi connectivity index (χ1n) is 7.52. The number of nitrogens with one attached hydrogen (secondary N) is 1. The third-order valence-electron chi connectivity index (χ3n) is 3.89. The fourth-order valence-corrected chi connectivity index (χ4v) is 3.01. The summed E-state index contributed by atoms with van der Waals surface area (Å²) in [6.07, 6.45) is 0. The number of halogens is 1. The van der Waals surface area contributed by atoms with E-state index in [-0.39, 0.29) is 5.91 Å². The van der Waals surface area contributed by atoms with E-state index in [1.807, 2.05) is 44.2 Å². The van der Waals surface area contributed by atoms with E-state index in [0.717, 1.165) is 11.4 Å². The largest absolute Gasteiger partial charge is 0.354 e. The highest BCUT2D eigenvalue weighted by Gasteiger charge is 2.27. The molecule has 0 saturated carbocycles. The lowest BCUT2D eigenvalue weighted by Crippen LogP contribution is -2.22. The van der Waals surface area contributed by atoms with E-state index in [9.17, 15) is 4.79 Å². The minimum atomic E-state index is -0.220. The summed E-state index contributed by atoms with van der Waals surface area (Å²) >= 11 is 6.55. The second-order valence-corrected chi connectivity index (χ2v) is 5.89. The molecular formula is C17H18ClN5O. The van der Waals surface area contributed by atoms with Gasteiger partial charge in [-0.1, -0.05) is 29.8 Å². The van der Waals surface area contributed by atoms with Crippen LogP contribution in [0.5, 0.6) is 0 Å². The number of aromatic nitrogens is 4. The lowest BCUT2D eigenvalue weighted by atomic mass is 10.1. The van der Waals surface area contributed by atoms with Gasteiger partial charge in [0.1, 0.15) is 5.69 Å². The second-order valence-electron chi connectivity index (χ2n) is 5.51. The Labute approximate surface area is 145 Å². The summed E-state index contributed by atoms with van der Waals surface area (Å²) in [4.78, 5) is 12.4. The number of benzene rings is 1. The first kappa shape index (κ1) is 16.3.